The van der Waals surface area contributed by atoms with Crippen molar-refractivity contribution in [3.63, 3.8) is 0 Å². The van der Waals surface area contributed by atoms with Crippen molar-refractivity contribution >= 4 is 0 Å². The van der Waals surface area contributed by atoms with E-state index in [2.05, 4.69) is 43.4 Å². The van der Waals surface area contributed by atoms with E-state index in [9.17, 15) is 0 Å². The third-order valence-corrected chi connectivity index (χ3v) is 3.47. The maximum absolute atomic E-state index is 5.73. The minimum atomic E-state index is 0.403. The average Bonchev–Trinajstić information content (AvgIpc) is 2.37. The molecule has 1 heterocycles. The maximum atomic E-state index is 5.73. The van der Waals surface area contributed by atoms with E-state index in [-0.39, 0.29) is 0 Å². The molecule has 2 atom stereocenters. The number of benzene rings is 1. The van der Waals surface area contributed by atoms with Crippen LogP contribution in [0.1, 0.15) is 43.4 Å². The third kappa shape index (κ3) is 3.83. The van der Waals surface area contributed by atoms with Crippen molar-refractivity contribution in [2.45, 2.75) is 45.3 Å². The minimum absolute atomic E-state index is 0.403. The van der Waals surface area contributed by atoms with Crippen LogP contribution in [0.4, 0.5) is 0 Å². The lowest BCUT2D eigenvalue weighted by Crippen LogP contribution is -2.33. The second-order valence-electron chi connectivity index (χ2n) is 5.03. The molecule has 1 fully saturated rings. The Labute approximate surface area is 104 Å². The van der Waals surface area contributed by atoms with E-state index in [4.69, 9.17) is 4.74 Å². The highest BCUT2D eigenvalue weighted by atomic mass is 16.5. The van der Waals surface area contributed by atoms with Gasteiger partial charge in [-0.1, -0.05) is 29.8 Å². The highest BCUT2D eigenvalue weighted by molar-refractivity contribution is 5.24. The maximum Gasteiger partial charge on any atom is 0.0699 e. The van der Waals surface area contributed by atoms with E-state index in [0.29, 0.717) is 12.1 Å². The Kier molecular flexibility index (Phi) is 4.57. The summed E-state index contributed by atoms with van der Waals surface area (Å²) in [6.45, 7) is 6.26. The number of aryl methyl sites for hydroxylation is 1. The summed E-state index contributed by atoms with van der Waals surface area (Å²) in [6.07, 6.45) is 4.15. The Bertz CT molecular complexity index is 345. The zero-order chi connectivity index (χ0) is 12.1. The molecule has 2 heteroatoms. The van der Waals surface area contributed by atoms with Crippen LogP contribution in [0.5, 0.6) is 0 Å². The van der Waals surface area contributed by atoms with Crippen molar-refractivity contribution in [2.24, 2.45) is 0 Å². The molecule has 2 nitrogen and oxygen atoms in total. The van der Waals surface area contributed by atoms with Gasteiger partial charge in [-0.2, -0.15) is 0 Å². The molecule has 0 aliphatic carbocycles. The molecule has 17 heavy (non-hydrogen) atoms. The Morgan fingerprint density at radius 2 is 2.29 bits per heavy atom. The fourth-order valence-corrected chi connectivity index (χ4v) is 2.33. The van der Waals surface area contributed by atoms with Crippen LogP contribution in [-0.2, 0) is 4.74 Å². The number of rotatable bonds is 4. The van der Waals surface area contributed by atoms with Crippen LogP contribution in [0.2, 0.25) is 0 Å². The van der Waals surface area contributed by atoms with Gasteiger partial charge in [0.15, 0.2) is 0 Å². The summed E-state index contributed by atoms with van der Waals surface area (Å²) in [5, 5.41) is 3.57. The summed E-state index contributed by atoms with van der Waals surface area (Å²) in [4.78, 5) is 0. The van der Waals surface area contributed by atoms with Crippen LogP contribution in [0.25, 0.3) is 0 Å². The summed E-state index contributed by atoms with van der Waals surface area (Å²) in [5.74, 6) is 0. The van der Waals surface area contributed by atoms with Crippen LogP contribution in [0.15, 0.2) is 24.3 Å². The second kappa shape index (κ2) is 6.18. The smallest absolute Gasteiger partial charge is 0.0699 e. The molecule has 1 N–H and O–H groups in total. The summed E-state index contributed by atoms with van der Waals surface area (Å²) >= 11 is 0. The minimum Gasteiger partial charge on any atom is -0.377 e. The first kappa shape index (κ1) is 12.6. The lowest BCUT2D eigenvalue weighted by molar-refractivity contribution is 0.0156. The normalized spacial score (nSPS) is 22.4. The van der Waals surface area contributed by atoms with Crippen LogP contribution in [0, 0.1) is 6.92 Å². The van der Waals surface area contributed by atoms with Crippen molar-refractivity contribution in [3.05, 3.63) is 35.4 Å². The van der Waals surface area contributed by atoms with Gasteiger partial charge in [-0.3, -0.25) is 0 Å². The van der Waals surface area contributed by atoms with Gasteiger partial charge in [-0.05, 0) is 38.7 Å². The predicted molar refractivity (Wildman–Crippen MR) is 71.2 cm³/mol. The molecule has 1 aliphatic heterocycles. The van der Waals surface area contributed by atoms with Gasteiger partial charge >= 0.3 is 0 Å². The molecule has 2 rings (SSSR count). The van der Waals surface area contributed by atoms with Crippen LogP contribution < -0.4 is 5.32 Å². The molecule has 2 unspecified atom stereocenters. The Morgan fingerprint density at radius 1 is 1.41 bits per heavy atom. The van der Waals surface area contributed by atoms with Crippen molar-refractivity contribution in [1.82, 2.24) is 5.32 Å². The Morgan fingerprint density at radius 3 is 3.00 bits per heavy atom. The molecule has 0 aromatic heterocycles. The van der Waals surface area contributed by atoms with Crippen molar-refractivity contribution in [2.75, 3.05) is 13.2 Å². The van der Waals surface area contributed by atoms with Gasteiger partial charge in [0.25, 0.3) is 0 Å². The second-order valence-corrected chi connectivity index (χ2v) is 5.03. The summed E-state index contributed by atoms with van der Waals surface area (Å²) in [7, 11) is 0. The van der Waals surface area contributed by atoms with E-state index in [0.717, 1.165) is 13.2 Å². The molecule has 0 radical (unpaired) electrons. The van der Waals surface area contributed by atoms with Crippen molar-refractivity contribution in [3.8, 4) is 0 Å². The van der Waals surface area contributed by atoms with E-state index in [1.165, 1.54) is 30.4 Å². The average molecular weight is 233 g/mol. The van der Waals surface area contributed by atoms with Crippen LogP contribution >= 0.6 is 0 Å². The topological polar surface area (TPSA) is 21.3 Å². The third-order valence-electron chi connectivity index (χ3n) is 3.47. The Balaban J connectivity index is 1.82. The lowest BCUT2D eigenvalue weighted by atomic mass is 10.0. The van der Waals surface area contributed by atoms with Crippen LogP contribution in [-0.4, -0.2) is 19.3 Å². The highest BCUT2D eigenvalue weighted by Crippen LogP contribution is 2.16. The van der Waals surface area contributed by atoms with Gasteiger partial charge in [-0.25, -0.2) is 0 Å². The molecule has 0 amide bonds. The summed E-state index contributed by atoms with van der Waals surface area (Å²) < 4.78 is 5.73. The SMILES string of the molecule is Cc1cccc(C(C)NCC2CCCCO2)c1. The number of nitrogens with one attached hydrogen (secondary N) is 1. The number of hydrogen-bond donors (Lipinski definition) is 1. The molecule has 1 aliphatic rings. The molecule has 0 saturated carbocycles. The van der Waals surface area contributed by atoms with E-state index < -0.39 is 0 Å². The predicted octanol–water partition coefficient (Wildman–Crippen LogP) is 3.21. The number of ether oxygens (including phenoxy) is 1. The molecule has 1 saturated heterocycles. The first-order chi connectivity index (χ1) is 8.25. The molecular weight excluding hydrogens is 210 g/mol. The fourth-order valence-electron chi connectivity index (χ4n) is 2.33. The largest absolute Gasteiger partial charge is 0.377 e. The van der Waals surface area contributed by atoms with Gasteiger partial charge in [0.1, 0.15) is 0 Å². The van der Waals surface area contributed by atoms with Crippen LogP contribution in [0.3, 0.4) is 0 Å². The fraction of sp³-hybridized carbons (Fsp3) is 0.600. The molecular formula is C15H23NO. The van der Waals surface area contributed by atoms with E-state index in [1.807, 2.05) is 0 Å². The molecule has 0 spiro atoms. The molecule has 1 aromatic carbocycles. The van der Waals surface area contributed by atoms with Crippen molar-refractivity contribution < 1.29 is 4.74 Å². The van der Waals surface area contributed by atoms with Gasteiger partial charge in [0.05, 0.1) is 6.10 Å². The zero-order valence-electron chi connectivity index (χ0n) is 10.9. The summed E-state index contributed by atoms with van der Waals surface area (Å²) in [6, 6.07) is 9.10. The Hall–Kier alpha value is -0.860. The first-order valence-electron chi connectivity index (χ1n) is 6.67. The highest BCUT2D eigenvalue weighted by Gasteiger charge is 2.14. The van der Waals surface area contributed by atoms with E-state index >= 15 is 0 Å². The number of hydrogen-bond acceptors (Lipinski definition) is 2. The van der Waals surface area contributed by atoms with Gasteiger partial charge in [-0.15, -0.1) is 0 Å². The zero-order valence-corrected chi connectivity index (χ0v) is 10.9. The van der Waals surface area contributed by atoms with Gasteiger partial charge < -0.3 is 10.1 Å². The quantitative estimate of drug-likeness (QED) is 0.862. The summed E-state index contributed by atoms with van der Waals surface area (Å²) in [5.41, 5.74) is 2.69. The molecule has 94 valence electrons. The monoisotopic (exact) mass is 233 g/mol. The molecule has 1 aromatic rings. The van der Waals surface area contributed by atoms with Gasteiger partial charge in [0.2, 0.25) is 0 Å². The lowest BCUT2D eigenvalue weighted by Gasteiger charge is -2.25. The first-order valence-corrected chi connectivity index (χ1v) is 6.67. The van der Waals surface area contributed by atoms with E-state index in [1.54, 1.807) is 0 Å². The van der Waals surface area contributed by atoms with Crippen molar-refractivity contribution in [1.29, 1.82) is 0 Å². The van der Waals surface area contributed by atoms with Gasteiger partial charge in [0, 0.05) is 19.2 Å². The standard InChI is InChI=1S/C15H23NO/c1-12-6-5-7-14(10-12)13(2)16-11-15-8-3-4-9-17-15/h5-7,10,13,15-16H,3-4,8-9,11H2,1-2H3. The molecule has 0 bridgehead atoms.